The number of ketones is 1. The monoisotopic (exact) mass is 276 g/mol. The van der Waals surface area contributed by atoms with Crippen LogP contribution in [0.25, 0.3) is 5.57 Å². The topological polar surface area (TPSA) is 67.3 Å². The summed E-state index contributed by atoms with van der Waals surface area (Å²) in [4.78, 5) is 16.2. The standard InChI is InChI=1S/C13H12N2O3S/c16-13-8-10-4-3-7-19(17,18)15(10)9-11(13)12-5-1-2-6-14-12/h1-6,9-10H,7-8H2. The molecule has 0 aromatic carbocycles. The van der Waals surface area contributed by atoms with Crippen LogP contribution in [0.4, 0.5) is 0 Å². The molecule has 0 fully saturated rings. The summed E-state index contributed by atoms with van der Waals surface area (Å²) in [5.41, 5.74) is 0.867. The van der Waals surface area contributed by atoms with Crippen LogP contribution in [0.2, 0.25) is 0 Å². The summed E-state index contributed by atoms with van der Waals surface area (Å²) in [5.74, 6) is -0.106. The number of fused-ring (bicyclic) bond motifs is 1. The van der Waals surface area contributed by atoms with Crippen LogP contribution in [0.15, 0.2) is 42.7 Å². The Morgan fingerprint density at radius 2 is 2.16 bits per heavy atom. The highest BCUT2D eigenvalue weighted by molar-refractivity contribution is 7.89. The molecule has 2 aliphatic heterocycles. The van der Waals surface area contributed by atoms with Gasteiger partial charge in [0.05, 0.1) is 23.1 Å². The SMILES string of the molecule is O=C1CC2C=CCS(=O)(=O)N2C=C1c1ccccn1. The van der Waals surface area contributed by atoms with Crippen LogP contribution < -0.4 is 0 Å². The number of allylic oxidation sites excluding steroid dienone is 1. The number of sulfonamides is 1. The maximum atomic E-state index is 12.1. The van der Waals surface area contributed by atoms with Gasteiger partial charge < -0.3 is 0 Å². The van der Waals surface area contributed by atoms with Gasteiger partial charge in [0, 0.05) is 18.8 Å². The average molecular weight is 276 g/mol. The first-order chi connectivity index (χ1) is 9.08. The second-order valence-electron chi connectivity index (χ2n) is 4.49. The zero-order valence-electron chi connectivity index (χ0n) is 10.1. The molecule has 1 aromatic rings. The van der Waals surface area contributed by atoms with E-state index in [1.165, 1.54) is 10.5 Å². The third-order valence-electron chi connectivity index (χ3n) is 3.21. The molecule has 0 bridgehead atoms. The van der Waals surface area contributed by atoms with Crippen molar-refractivity contribution in [1.29, 1.82) is 0 Å². The van der Waals surface area contributed by atoms with Gasteiger partial charge in [-0.15, -0.1) is 0 Å². The summed E-state index contributed by atoms with van der Waals surface area (Å²) in [6, 6.07) is 4.84. The Morgan fingerprint density at radius 3 is 2.89 bits per heavy atom. The fourth-order valence-corrected chi connectivity index (χ4v) is 3.63. The normalized spacial score (nSPS) is 24.8. The quantitative estimate of drug-likeness (QED) is 0.717. The smallest absolute Gasteiger partial charge is 0.238 e. The number of hydrogen-bond donors (Lipinski definition) is 0. The highest BCUT2D eigenvalue weighted by atomic mass is 32.2. The molecule has 1 unspecified atom stereocenters. The number of carbonyl (C=O) groups is 1. The second kappa shape index (κ2) is 4.31. The second-order valence-corrected chi connectivity index (χ2v) is 6.41. The zero-order chi connectivity index (χ0) is 13.5. The lowest BCUT2D eigenvalue weighted by Gasteiger charge is -2.34. The molecule has 6 heteroatoms. The van der Waals surface area contributed by atoms with E-state index in [4.69, 9.17) is 0 Å². The molecule has 3 heterocycles. The Morgan fingerprint density at radius 1 is 1.32 bits per heavy atom. The van der Waals surface area contributed by atoms with Crippen LogP contribution in [-0.2, 0) is 14.8 Å². The Hall–Kier alpha value is -1.95. The first-order valence-corrected chi connectivity index (χ1v) is 7.53. The van der Waals surface area contributed by atoms with Crippen molar-refractivity contribution in [3.8, 4) is 0 Å². The van der Waals surface area contributed by atoms with Gasteiger partial charge in [0.25, 0.3) is 0 Å². The predicted molar refractivity (Wildman–Crippen MR) is 70.4 cm³/mol. The van der Waals surface area contributed by atoms with Crippen LogP contribution in [0, 0.1) is 0 Å². The van der Waals surface area contributed by atoms with Crippen molar-refractivity contribution in [2.45, 2.75) is 12.5 Å². The van der Waals surface area contributed by atoms with Gasteiger partial charge in [0.1, 0.15) is 0 Å². The minimum Gasteiger partial charge on any atom is -0.294 e. The maximum Gasteiger partial charge on any atom is 0.238 e. The van der Waals surface area contributed by atoms with E-state index in [2.05, 4.69) is 4.98 Å². The summed E-state index contributed by atoms with van der Waals surface area (Å²) < 4.78 is 25.3. The number of carbonyl (C=O) groups excluding carboxylic acids is 1. The first-order valence-electron chi connectivity index (χ1n) is 5.92. The lowest BCUT2D eigenvalue weighted by atomic mass is 9.98. The van der Waals surface area contributed by atoms with Gasteiger partial charge in [0.2, 0.25) is 10.0 Å². The summed E-state index contributed by atoms with van der Waals surface area (Å²) >= 11 is 0. The van der Waals surface area contributed by atoms with Gasteiger partial charge in [-0.05, 0) is 12.1 Å². The van der Waals surface area contributed by atoms with Crippen molar-refractivity contribution in [3.05, 3.63) is 48.4 Å². The molecule has 1 atom stereocenters. The number of hydrogen-bond acceptors (Lipinski definition) is 4. The molecule has 1 aromatic heterocycles. The fourth-order valence-electron chi connectivity index (χ4n) is 2.28. The van der Waals surface area contributed by atoms with Crippen molar-refractivity contribution in [2.24, 2.45) is 0 Å². The average Bonchev–Trinajstić information content (AvgIpc) is 2.38. The third kappa shape index (κ3) is 2.08. The summed E-state index contributed by atoms with van der Waals surface area (Å²) in [6.07, 6.45) is 6.53. The molecular formula is C13H12N2O3S. The van der Waals surface area contributed by atoms with Crippen molar-refractivity contribution >= 4 is 21.4 Å². The highest BCUT2D eigenvalue weighted by Gasteiger charge is 2.35. The van der Waals surface area contributed by atoms with E-state index in [9.17, 15) is 13.2 Å². The Balaban J connectivity index is 2.09. The molecule has 0 amide bonds. The van der Waals surface area contributed by atoms with Crippen LogP contribution in [0.1, 0.15) is 12.1 Å². The van der Waals surface area contributed by atoms with E-state index < -0.39 is 16.1 Å². The van der Waals surface area contributed by atoms with Crippen molar-refractivity contribution < 1.29 is 13.2 Å². The number of pyridine rings is 1. The van der Waals surface area contributed by atoms with E-state index in [-0.39, 0.29) is 18.0 Å². The fraction of sp³-hybridized carbons (Fsp3) is 0.231. The van der Waals surface area contributed by atoms with Crippen molar-refractivity contribution in [1.82, 2.24) is 9.29 Å². The highest BCUT2D eigenvalue weighted by Crippen LogP contribution is 2.29. The predicted octanol–water partition coefficient (Wildman–Crippen LogP) is 0.965. The molecule has 19 heavy (non-hydrogen) atoms. The first kappa shape index (κ1) is 12.1. The van der Waals surface area contributed by atoms with Gasteiger partial charge in [-0.1, -0.05) is 18.2 Å². The molecule has 2 aliphatic rings. The number of rotatable bonds is 1. The molecule has 5 nitrogen and oxygen atoms in total. The van der Waals surface area contributed by atoms with Crippen molar-refractivity contribution in [3.63, 3.8) is 0 Å². The lowest BCUT2D eigenvalue weighted by molar-refractivity contribution is -0.114. The summed E-state index contributed by atoms with van der Waals surface area (Å²) in [6.45, 7) is 0. The Labute approximate surface area is 111 Å². The van der Waals surface area contributed by atoms with Gasteiger partial charge in [-0.25, -0.2) is 8.42 Å². The summed E-state index contributed by atoms with van der Waals surface area (Å²) in [5, 5.41) is 0. The van der Waals surface area contributed by atoms with E-state index >= 15 is 0 Å². The molecule has 98 valence electrons. The van der Waals surface area contributed by atoms with Gasteiger partial charge in [-0.2, -0.15) is 0 Å². The van der Waals surface area contributed by atoms with Crippen LogP contribution in [0.3, 0.4) is 0 Å². The molecule has 0 spiro atoms. The van der Waals surface area contributed by atoms with Crippen LogP contribution in [0.5, 0.6) is 0 Å². The number of aromatic nitrogens is 1. The number of nitrogens with zero attached hydrogens (tertiary/aromatic N) is 2. The van der Waals surface area contributed by atoms with E-state index in [1.807, 2.05) is 0 Å². The molecule has 0 radical (unpaired) electrons. The Bertz CT molecular complexity index is 677. The molecule has 0 saturated carbocycles. The minimum absolute atomic E-state index is 0.0241. The number of Topliss-reactive ketones (excluding diaryl/α,β-unsaturated/α-hetero) is 1. The minimum atomic E-state index is -3.36. The van der Waals surface area contributed by atoms with Crippen molar-refractivity contribution in [2.75, 3.05) is 5.75 Å². The molecular weight excluding hydrogens is 264 g/mol. The third-order valence-corrected chi connectivity index (χ3v) is 4.84. The van der Waals surface area contributed by atoms with E-state index in [0.29, 0.717) is 11.3 Å². The molecule has 0 aliphatic carbocycles. The van der Waals surface area contributed by atoms with Gasteiger partial charge in [-0.3, -0.25) is 14.1 Å². The molecule has 0 saturated heterocycles. The van der Waals surface area contributed by atoms with Crippen LogP contribution in [-0.4, -0.2) is 35.3 Å². The molecule has 0 N–H and O–H groups in total. The van der Waals surface area contributed by atoms with Gasteiger partial charge >= 0.3 is 0 Å². The zero-order valence-corrected chi connectivity index (χ0v) is 10.9. The lowest BCUT2D eigenvalue weighted by Crippen LogP contribution is -2.43. The maximum absolute atomic E-state index is 12.1. The molecule has 3 rings (SSSR count). The van der Waals surface area contributed by atoms with E-state index in [1.54, 1.807) is 36.5 Å². The summed E-state index contributed by atoms with van der Waals surface area (Å²) in [7, 11) is -3.36. The largest absolute Gasteiger partial charge is 0.294 e. The van der Waals surface area contributed by atoms with Crippen LogP contribution >= 0.6 is 0 Å². The van der Waals surface area contributed by atoms with E-state index in [0.717, 1.165) is 0 Å². The Kier molecular flexibility index (Phi) is 2.74. The van der Waals surface area contributed by atoms with Gasteiger partial charge in [0.15, 0.2) is 5.78 Å².